The molecule has 31 heavy (non-hydrogen) atoms. The Bertz CT molecular complexity index is 1170. The van der Waals surface area contributed by atoms with Crippen LogP contribution in [0.5, 0.6) is 0 Å². The standard InChI is InChI=1S/C26H30N4O/c1-16-6-3-4-8-23(16)29-17(2)25(21-7-5-9-24(21)29)26(31)30(19-10-11-19)20-12-13-22-18(14-20)15-27-28-22/h3-4,6,8,15,19-20H,5,7,9-14H2,1-2H3,(H,27,28). The molecule has 0 bridgehead atoms. The van der Waals surface area contributed by atoms with Crippen molar-refractivity contribution in [3.05, 3.63) is 69.8 Å². The minimum atomic E-state index is 0.266. The molecule has 5 heteroatoms. The number of hydrogen-bond donors (Lipinski definition) is 1. The molecule has 1 atom stereocenters. The van der Waals surface area contributed by atoms with Crippen molar-refractivity contribution in [2.45, 2.75) is 77.3 Å². The molecule has 0 spiro atoms. The first kappa shape index (κ1) is 18.9. The number of nitrogens with one attached hydrogen (secondary N) is 1. The normalized spacial score (nSPS) is 19.9. The maximum atomic E-state index is 14.2. The summed E-state index contributed by atoms with van der Waals surface area (Å²) in [6.07, 6.45) is 10.4. The quantitative estimate of drug-likeness (QED) is 0.685. The molecule has 5 nitrogen and oxygen atoms in total. The predicted octanol–water partition coefficient (Wildman–Crippen LogP) is 4.47. The van der Waals surface area contributed by atoms with E-state index in [4.69, 9.17) is 0 Å². The van der Waals surface area contributed by atoms with Gasteiger partial charge in [-0.2, -0.15) is 5.10 Å². The molecule has 2 aromatic heterocycles. The van der Waals surface area contributed by atoms with Gasteiger partial charge in [0.2, 0.25) is 0 Å². The third-order valence-electron chi connectivity index (χ3n) is 7.59. The summed E-state index contributed by atoms with van der Waals surface area (Å²) in [7, 11) is 0. The topological polar surface area (TPSA) is 53.9 Å². The van der Waals surface area contributed by atoms with E-state index >= 15 is 0 Å². The molecule has 1 saturated carbocycles. The van der Waals surface area contributed by atoms with Gasteiger partial charge in [0, 0.05) is 34.9 Å². The highest BCUT2D eigenvalue weighted by molar-refractivity contribution is 5.98. The second kappa shape index (κ2) is 7.11. The summed E-state index contributed by atoms with van der Waals surface area (Å²) in [4.78, 5) is 16.4. The molecule has 3 aliphatic rings. The average Bonchev–Trinajstić information content (AvgIpc) is 3.18. The van der Waals surface area contributed by atoms with Gasteiger partial charge >= 0.3 is 0 Å². The average molecular weight is 415 g/mol. The molecule has 0 radical (unpaired) electrons. The van der Waals surface area contributed by atoms with Gasteiger partial charge in [0.05, 0.1) is 11.8 Å². The molecule has 1 aromatic carbocycles. The van der Waals surface area contributed by atoms with Crippen LogP contribution in [-0.2, 0) is 25.7 Å². The SMILES string of the molecule is Cc1ccccc1-n1c(C)c(C(=O)N(C2CC2)C2CCc3[nH]ncc3C2)c2c1CCC2. The second-order valence-corrected chi connectivity index (χ2v) is 9.58. The lowest BCUT2D eigenvalue weighted by molar-refractivity contribution is 0.0641. The largest absolute Gasteiger partial charge is 0.332 e. The van der Waals surface area contributed by atoms with E-state index in [2.05, 4.69) is 57.8 Å². The van der Waals surface area contributed by atoms with Gasteiger partial charge < -0.3 is 9.47 Å². The first-order valence-corrected chi connectivity index (χ1v) is 11.8. The number of nitrogens with zero attached hydrogens (tertiary/aromatic N) is 3. The Labute approximate surface area is 183 Å². The molecule has 0 aliphatic heterocycles. The van der Waals surface area contributed by atoms with Crippen LogP contribution in [0.2, 0.25) is 0 Å². The molecule has 1 amide bonds. The Morgan fingerprint density at radius 2 is 1.94 bits per heavy atom. The number of aryl methyl sites for hydroxylation is 2. The molecule has 1 N–H and O–H groups in total. The van der Waals surface area contributed by atoms with Crippen LogP contribution in [0.4, 0.5) is 0 Å². The van der Waals surface area contributed by atoms with E-state index < -0.39 is 0 Å². The van der Waals surface area contributed by atoms with Crippen LogP contribution in [0.1, 0.15) is 69.8 Å². The summed E-state index contributed by atoms with van der Waals surface area (Å²) in [5, 5.41) is 7.37. The maximum Gasteiger partial charge on any atom is 0.256 e. The highest BCUT2D eigenvalue weighted by atomic mass is 16.2. The van der Waals surface area contributed by atoms with Crippen molar-refractivity contribution in [2.24, 2.45) is 0 Å². The summed E-state index contributed by atoms with van der Waals surface area (Å²) in [5.41, 5.74) is 9.78. The number of benzene rings is 1. The van der Waals surface area contributed by atoms with Crippen molar-refractivity contribution in [3.8, 4) is 5.69 Å². The van der Waals surface area contributed by atoms with Gasteiger partial charge in [0.15, 0.2) is 0 Å². The van der Waals surface area contributed by atoms with Crippen molar-refractivity contribution in [2.75, 3.05) is 0 Å². The number of para-hydroxylation sites is 1. The second-order valence-electron chi connectivity index (χ2n) is 9.58. The van der Waals surface area contributed by atoms with E-state index in [1.165, 1.54) is 33.8 Å². The Kier molecular flexibility index (Phi) is 4.34. The van der Waals surface area contributed by atoms with Gasteiger partial charge in [-0.05, 0) is 88.0 Å². The zero-order chi connectivity index (χ0) is 21.1. The number of fused-ring (bicyclic) bond motifs is 2. The molecule has 3 aromatic rings. The van der Waals surface area contributed by atoms with Crippen molar-refractivity contribution in [1.82, 2.24) is 19.7 Å². The van der Waals surface area contributed by atoms with E-state index in [9.17, 15) is 4.79 Å². The van der Waals surface area contributed by atoms with Gasteiger partial charge in [0.25, 0.3) is 5.91 Å². The zero-order valence-corrected chi connectivity index (χ0v) is 18.4. The van der Waals surface area contributed by atoms with E-state index in [0.29, 0.717) is 6.04 Å². The third kappa shape index (κ3) is 2.97. The minimum Gasteiger partial charge on any atom is -0.332 e. The van der Waals surface area contributed by atoms with E-state index in [1.54, 1.807) is 0 Å². The molecular weight excluding hydrogens is 384 g/mol. The minimum absolute atomic E-state index is 0.266. The number of rotatable bonds is 4. The smallest absolute Gasteiger partial charge is 0.256 e. The molecule has 1 unspecified atom stereocenters. The van der Waals surface area contributed by atoms with Crippen LogP contribution < -0.4 is 0 Å². The van der Waals surface area contributed by atoms with Crippen LogP contribution >= 0.6 is 0 Å². The number of H-pyrrole nitrogens is 1. The van der Waals surface area contributed by atoms with Crippen molar-refractivity contribution < 1.29 is 4.79 Å². The van der Waals surface area contributed by atoms with Gasteiger partial charge in [-0.1, -0.05) is 18.2 Å². The molecular formula is C26H30N4O. The summed E-state index contributed by atoms with van der Waals surface area (Å²) < 4.78 is 2.38. The lowest BCUT2D eigenvalue weighted by atomic mass is 9.91. The van der Waals surface area contributed by atoms with Crippen LogP contribution in [-0.4, -0.2) is 37.7 Å². The van der Waals surface area contributed by atoms with E-state index in [1.807, 2.05) is 6.20 Å². The van der Waals surface area contributed by atoms with Crippen LogP contribution in [0.25, 0.3) is 5.69 Å². The van der Waals surface area contributed by atoms with Gasteiger partial charge in [-0.15, -0.1) is 0 Å². The number of aromatic amines is 1. The Hall–Kier alpha value is -2.82. The number of hydrogen-bond acceptors (Lipinski definition) is 2. The Balaban J connectivity index is 1.42. The Morgan fingerprint density at radius 3 is 2.74 bits per heavy atom. The molecule has 6 rings (SSSR count). The summed E-state index contributed by atoms with van der Waals surface area (Å²) >= 11 is 0. The molecule has 160 valence electrons. The fourth-order valence-corrected chi connectivity index (χ4v) is 5.95. The van der Waals surface area contributed by atoms with E-state index in [-0.39, 0.29) is 11.9 Å². The Morgan fingerprint density at radius 1 is 1.10 bits per heavy atom. The van der Waals surface area contributed by atoms with Crippen molar-refractivity contribution in [1.29, 1.82) is 0 Å². The monoisotopic (exact) mass is 414 g/mol. The van der Waals surface area contributed by atoms with Crippen molar-refractivity contribution >= 4 is 5.91 Å². The predicted molar refractivity (Wildman–Crippen MR) is 121 cm³/mol. The number of amides is 1. The summed E-state index contributed by atoms with van der Waals surface area (Å²) in [6.45, 7) is 4.32. The zero-order valence-electron chi connectivity index (χ0n) is 18.4. The summed E-state index contributed by atoms with van der Waals surface area (Å²) in [5.74, 6) is 0.266. The van der Waals surface area contributed by atoms with Crippen LogP contribution in [0.3, 0.4) is 0 Å². The van der Waals surface area contributed by atoms with Gasteiger partial charge in [0.1, 0.15) is 0 Å². The lowest BCUT2D eigenvalue weighted by Crippen LogP contribution is -2.45. The fraction of sp³-hybridized carbons (Fsp3) is 0.462. The lowest BCUT2D eigenvalue weighted by Gasteiger charge is -2.35. The van der Waals surface area contributed by atoms with Gasteiger partial charge in [-0.25, -0.2) is 0 Å². The van der Waals surface area contributed by atoms with Crippen LogP contribution in [0.15, 0.2) is 30.5 Å². The molecule has 1 fully saturated rings. The first-order chi connectivity index (χ1) is 15.1. The molecule has 3 aliphatic carbocycles. The highest BCUT2D eigenvalue weighted by Crippen LogP contribution is 2.39. The highest BCUT2D eigenvalue weighted by Gasteiger charge is 2.41. The third-order valence-corrected chi connectivity index (χ3v) is 7.59. The van der Waals surface area contributed by atoms with Crippen LogP contribution in [0, 0.1) is 13.8 Å². The number of carbonyl (C=O) groups excluding carboxylic acids is 1. The van der Waals surface area contributed by atoms with Crippen molar-refractivity contribution in [3.63, 3.8) is 0 Å². The maximum absolute atomic E-state index is 14.2. The van der Waals surface area contributed by atoms with Gasteiger partial charge in [-0.3, -0.25) is 9.89 Å². The fourth-order valence-electron chi connectivity index (χ4n) is 5.95. The first-order valence-electron chi connectivity index (χ1n) is 11.8. The summed E-state index contributed by atoms with van der Waals surface area (Å²) in [6, 6.07) is 9.23. The number of aromatic nitrogens is 3. The van der Waals surface area contributed by atoms with E-state index in [0.717, 1.165) is 62.6 Å². The molecule has 2 heterocycles. The molecule has 0 saturated heterocycles. The number of carbonyl (C=O) groups is 1.